The summed E-state index contributed by atoms with van der Waals surface area (Å²) in [6.45, 7) is 4.99. The Morgan fingerprint density at radius 1 is 1.25 bits per heavy atom. The minimum absolute atomic E-state index is 0.326. The van der Waals surface area contributed by atoms with E-state index in [4.69, 9.17) is 4.74 Å². The van der Waals surface area contributed by atoms with E-state index in [2.05, 4.69) is 5.32 Å². The first-order chi connectivity index (χ1) is 7.86. The number of amides is 1. The molecule has 0 bridgehead atoms. The highest BCUT2D eigenvalue weighted by molar-refractivity contribution is 5.76. The normalized spacial score (nSPS) is 24.1. The summed E-state index contributed by atoms with van der Waals surface area (Å²) in [7, 11) is 0. The summed E-state index contributed by atoms with van der Waals surface area (Å²) in [5, 5.41) is 3.30. The molecule has 0 atom stereocenters. The summed E-state index contributed by atoms with van der Waals surface area (Å²) >= 11 is 0. The zero-order valence-corrected chi connectivity index (χ0v) is 9.91. The van der Waals surface area contributed by atoms with E-state index in [0.717, 1.165) is 45.6 Å². The van der Waals surface area contributed by atoms with Crippen LogP contribution in [0.1, 0.15) is 25.7 Å². The predicted molar refractivity (Wildman–Crippen MR) is 62.2 cm³/mol. The Labute approximate surface area is 97.3 Å². The number of ether oxygens (including phenoxy) is 1. The predicted octanol–water partition coefficient (Wildman–Crippen LogP) is 0.625. The van der Waals surface area contributed by atoms with Gasteiger partial charge >= 0.3 is 0 Å². The number of nitrogens with zero attached hydrogens (tertiary/aromatic N) is 1. The Morgan fingerprint density at radius 2 is 2.12 bits per heavy atom. The lowest BCUT2D eigenvalue weighted by atomic mass is 10.2. The number of hydrogen-bond acceptors (Lipinski definition) is 3. The molecule has 0 spiro atoms. The third-order valence-electron chi connectivity index (χ3n) is 3.22. The SMILES string of the molecule is O=C(CC1CC1)N1CCCNCCOCC1. The molecule has 0 radical (unpaired) electrons. The number of carbonyl (C=O) groups is 1. The number of rotatable bonds is 2. The molecule has 4 heteroatoms. The Bertz CT molecular complexity index is 219. The summed E-state index contributed by atoms with van der Waals surface area (Å²) in [4.78, 5) is 13.9. The van der Waals surface area contributed by atoms with E-state index in [1.54, 1.807) is 0 Å². The molecule has 0 aromatic rings. The van der Waals surface area contributed by atoms with Gasteiger partial charge in [-0.2, -0.15) is 0 Å². The Kier molecular flexibility index (Phi) is 4.60. The van der Waals surface area contributed by atoms with Crippen LogP contribution in [0, 0.1) is 5.92 Å². The number of carbonyl (C=O) groups excluding carboxylic acids is 1. The Balaban J connectivity index is 1.76. The molecule has 2 fully saturated rings. The largest absolute Gasteiger partial charge is 0.378 e. The standard InChI is InChI=1S/C12H22N2O2/c15-12(10-11-2-3-11)14-6-1-4-13-5-8-16-9-7-14/h11,13H,1-10H2. The quantitative estimate of drug-likeness (QED) is 0.750. The number of hydrogen-bond donors (Lipinski definition) is 1. The molecule has 0 aromatic carbocycles. The molecule has 16 heavy (non-hydrogen) atoms. The second kappa shape index (κ2) is 6.21. The van der Waals surface area contributed by atoms with Crippen LogP contribution in [0.25, 0.3) is 0 Å². The van der Waals surface area contributed by atoms with E-state index in [1.165, 1.54) is 12.8 Å². The zero-order valence-electron chi connectivity index (χ0n) is 9.91. The van der Waals surface area contributed by atoms with Gasteiger partial charge in [-0.25, -0.2) is 0 Å². The molecule has 4 nitrogen and oxygen atoms in total. The molecule has 2 aliphatic rings. The molecule has 1 aliphatic heterocycles. The van der Waals surface area contributed by atoms with Crippen LogP contribution in [-0.4, -0.2) is 50.2 Å². The van der Waals surface area contributed by atoms with Gasteiger partial charge in [-0.05, 0) is 31.7 Å². The van der Waals surface area contributed by atoms with Crippen molar-refractivity contribution in [3.05, 3.63) is 0 Å². The van der Waals surface area contributed by atoms with Gasteiger partial charge in [0.2, 0.25) is 5.91 Å². The van der Waals surface area contributed by atoms with Gasteiger partial charge in [0.1, 0.15) is 0 Å². The zero-order chi connectivity index (χ0) is 11.2. The smallest absolute Gasteiger partial charge is 0.222 e. The molecular formula is C12H22N2O2. The van der Waals surface area contributed by atoms with Crippen molar-refractivity contribution < 1.29 is 9.53 Å². The summed E-state index contributed by atoms with van der Waals surface area (Å²) < 4.78 is 5.45. The molecule has 1 saturated heterocycles. The van der Waals surface area contributed by atoms with Crippen molar-refractivity contribution in [2.24, 2.45) is 5.92 Å². The minimum atomic E-state index is 0.326. The topological polar surface area (TPSA) is 41.6 Å². The second-order valence-corrected chi connectivity index (χ2v) is 4.74. The molecule has 2 rings (SSSR count). The van der Waals surface area contributed by atoms with Crippen molar-refractivity contribution in [3.63, 3.8) is 0 Å². The highest BCUT2D eigenvalue weighted by Gasteiger charge is 2.26. The van der Waals surface area contributed by atoms with Crippen LogP contribution < -0.4 is 5.32 Å². The van der Waals surface area contributed by atoms with E-state index >= 15 is 0 Å². The van der Waals surface area contributed by atoms with Crippen LogP contribution in [0.5, 0.6) is 0 Å². The molecule has 1 saturated carbocycles. The number of nitrogens with one attached hydrogen (secondary N) is 1. The Morgan fingerprint density at radius 3 is 2.94 bits per heavy atom. The van der Waals surface area contributed by atoms with Crippen molar-refractivity contribution in [1.29, 1.82) is 0 Å². The fourth-order valence-corrected chi connectivity index (χ4v) is 2.00. The van der Waals surface area contributed by atoms with Gasteiger partial charge < -0.3 is 15.0 Å². The van der Waals surface area contributed by atoms with Crippen LogP contribution >= 0.6 is 0 Å². The van der Waals surface area contributed by atoms with Gasteiger partial charge in [0.15, 0.2) is 0 Å². The minimum Gasteiger partial charge on any atom is -0.378 e. The van der Waals surface area contributed by atoms with Gasteiger partial charge in [-0.1, -0.05) is 0 Å². The maximum atomic E-state index is 12.0. The molecule has 0 unspecified atom stereocenters. The van der Waals surface area contributed by atoms with Crippen LogP contribution in [0.2, 0.25) is 0 Å². The van der Waals surface area contributed by atoms with Crippen LogP contribution in [0.4, 0.5) is 0 Å². The molecular weight excluding hydrogens is 204 g/mol. The molecule has 0 aromatic heterocycles. The van der Waals surface area contributed by atoms with Crippen molar-refractivity contribution >= 4 is 5.91 Å². The monoisotopic (exact) mass is 226 g/mol. The fourth-order valence-electron chi connectivity index (χ4n) is 2.00. The molecule has 1 amide bonds. The lowest BCUT2D eigenvalue weighted by Crippen LogP contribution is -2.38. The summed E-state index contributed by atoms with van der Waals surface area (Å²) in [5.41, 5.74) is 0. The van der Waals surface area contributed by atoms with Gasteiger partial charge in [0.05, 0.1) is 13.2 Å². The summed E-state index contributed by atoms with van der Waals surface area (Å²) in [6, 6.07) is 0. The maximum Gasteiger partial charge on any atom is 0.222 e. The van der Waals surface area contributed by atoms with Gasteiger partial charge in [-0.3, -0.25) is 4.79 Å². The van der Waals surface area contributed by atoms with Crippen molar-refractivity contribution in [2.45, 2.75) is 25.7 Å². The van der Waals surface area contributed by atoms with Crippen molar-refractivity contribution in [2.75, 3.05) is 39.4 Å². The van der Waals surface area contributed by atoms with Crippen LogP contribution in [0.15, 0.2) is 0 Å². The van der Waals surface area contributed by atoms with E-state index in [9.17, 15) is 4.79 Å². The molecule has 92 valence electrons. The van der Waals surface area contributed by atoms with E-state index in [-0.39, 0.29) is 0 Å². The average molecular weight is 226 g/mol. The Hall–Kier alpha value is -0.610. The first-order valence-electron chi connectivity index (χ1n) is 6.42. The van der Waals surface area contributed by atoms with Crippen molar-refractivity contribution in [1.82, 2.24) is 10.2 Å². The molecule has 1 aliphatic carbocycles. The fraction of sp³-hybridized carbons (Fsp3) is 0.917. The highest BCUT2D eigenvalue weighted by atomic mass is 16.5. The maximum absolute atomic E-state index is 12.0. The van der Waals surface area contributed by atoms with Gasteiger partial charge in [-0.15, -0.1) is 0 Å². The third kappa shape index (κ3) is 4.10. The van der Waals surface area contributed by atoms with E-state index in [0.29, 0.717) is 18.4 Å². The van der Waals surface area contributed by atoms with Crippen molar-refractivity contribution in [3.8, 4) is 0 Å². The first kappa shape index (κ1) is 11.9. The highest BCUT2D eigenvalue weighted by Crippen LogP contribution is 2.32. The second-order valence-electron chi connectivity index (χ2n) is 4.74. The van der Waals surface area contributed by atoms with Gasteiger partial charge in [0.25, 0.3) is 0 Å². The average Bonchev–Trinajstić information content (AvgIpc) is 3.09. The summed E-state index contributed by atoms with van der Waals surface area (Å²) in [6.07, 6.45) is 4.30. The van der Waals surface area contributed by atoms with Gasteiger partial charge in [0, 0.05) is 26.1 Å². The molecule has 1 heterocycles. The van der Waals surface area contributed by atoms with Crippen LogP contribution in [-0.2, 0) is 9.53 Å². The van der Waals surface area contributed by atoms with E-state index in [1.807, 2.05) is 4.90 Å². The summed E-state index contributed by atoms with van der Waals surface area (Å²) in [5.74, 6) is 1.01. The lowest BCUT2D eigenvalue weighted by molar-refractivity contribution is -0.132. The van der Waals surface area contributed by atoms with E-state index < -0.39 is 0 Å². The third-order valence-corrected chi connectivity index (χ3v) is 3.22. The first-order valence-corrected chi connectivity index (χ1v) is 6.42. The van der Waals surface area contributed by atoms with Crippen LogP contribution in [0.3, 0.4) is 0 Å². The lowest BCUT2D eigenvalue weighted by Gasteiger charge is -2.24. The molecule has 1 N–H and O–H groups in total.